The molecule has 20 heavy (non-hydrogen) atoms. The van der Waals surface area contributed by atoms with Gasteiger partial charge in [-0.25, -0.2) is 0 Å². The second-order valence-electron chi connectivity index (χ2n) is 5.32. The zero-order valence-corrected chi connectivity index (χ0v) is 12.4. The van der Waals surface area contributed by atoms with Gasteiger partial charge in [0.25, 0.3) is 0 Å². The topological polar surface area (TPSA) is 50.4 Å². The monoisotopic (exact) mass is 276 g/mol. The molecule has 1 aromatic carbocycles. The van der Waals surface area contributed by atoms with Crippen molar-refractivity contribution in [2.24, 2.45) is 0 Å². The van der Waals surface area contributed by atoms with Gasteiger partial charge in [0.2, 0.25) is 5.91 Å². The zero-order valence-electron chi connectivity index (χ0n) is 12.4. The second kappa shape index (κ2) is 6.86. The Hall–Kier alpha value is -1.39. The first-order chi connectivity index (χ1) is 9.72. The number of para-hydroxylation sites is 1. The number of carbonyl (C=O) groups excluding carboxylic acids is 1. The van der Waals surface area contributed by atoms with E-state index in [0.717, 1.165) is 43.5 Å². The second-order valence-corrected chi connectivity index (χ2v) is 5.32. The normalized spacial score (nSPS) is 21.9. The lowest BCUT2D eigenvalue weighted by Gasteiger charge is -2.27. The average Bonchev–Trinajstić information content (AvgIpc) is 2.96. The van der Waals surface area contributed by atoms with Crippen LogP contribution < -0.4 is 10.6 Å². The van der Waals surface area contributed by atoms with Crippen molar-refractivity contribution < 1.29 is 9.53 Å². The van der Waals surface area contributed by atoms with Crippen molar-refractivity contribution in [3.63, 3.8) is 0 Å². The van der Waals surface area contributed by atoms with Crippen molar-refractivity contribution in [2.75, 3.05) is 25.6 Å². The lowest BCUT2D eigenvalue weighted by atomic mass is 9.93. The molecule has 1 unspecified atom stereocenters. The van der Waals surface area contributed by atoms with Crippen LogP contribution in [0, 0.1) is 0 Å². The number of benzene rings is 1. The van der Waals surface area contributed by atoms with Gasteiger partial charge in [0, 0.05) is 12.8 Å². The predicted molar refractivity (Wildman–Crippen MR) is 80.9 cm³/mol. The van der Waals surface area contributed by atoms with E-state index in [9.17, 15) is 4.79 Å². The summed E-state index contributed by atoms with van der Waals surface area (Å²) in [7, 11) is 1.69. The molecule has 1 aliphatic heterocycles. The molecule has 4 heteroatoms. The fraction of sp³-hybridized carbons (Fsp3) is 0.562. The van der Waals surface area contributed by atoms with E-state index < -0.39 is 5.54 Å². The highest BCUT2D eigenvalue weighted by molar-refractivity contribution is 5.98. The Kier molecular flexibility index (Phi) is 5.15. The molecule has 1 heterocycles. The lowest BCUT2D eigenvalue weighted by molar-refractivity contribution is -0.122. The Bertz CT molecular complexity index is 454. The third-order valence-electron chi connectivity index (χ3n) is 4.12. The summed E-state index contributed by atoms with van der Waals surface area (Å²) >= 11 is 0. The van der Waals surface area contributed by atoms with Crippen molar-refractivity contribution in [3.05, 3.63) is 29.8 Å². The Morgan fingerprint density at radius 3 is 2.90 bits per heavy atom. The number of hydrogen-bond donors (Lipinski definition) is 2. The van der Waals surface area contributed by atoms with Crippen LogP contribution in [-0.2, 0) is 16.0 Å². The van der Waals surface area contributed by atoms with E-state index in [1.54, 1.807) is 7.11 Å². The molecule has 0 spiro atoms. The summed E-state index contributed by atoms with van der Waals surface area (Å²) in [4.78, 5) is 12.6. The van der Waals surface area contributed by atoms with Gasteiger partial charge in [-0.05, 0) is 43.9 Å². The number of nitrogens with one attached hydrogen (secondary N) is 2. The Morgan fingerprint density at radius 2 is 2.25 bits per heavy atom. The molecule has 2 rings (SSSR count). The van der Waals surface area contributed by atoms with Gasteiger partial charge in [-0.3, -0.25) is 4.79 Å². The third-order valence-corrected chi connectivity index (χ3v) is 4.12. The van der Waals surface area contributed by atoms with Crippen molar-refractivity contribution in [1.29, 1.82) is 0 Å². The zero-order chi connectivity index (χ0) is 14.4. The number of amides is 1. The van der Waals surface area contributed by atoms with Gasteiger partial charge in [-0.15, -0.1) is 0 Å². The van der Waals surface area contributed by atoms with E-state index in [4.69, 9.17) is 4.74 Å². The molecule has 0 aromatic heterocycles. The van der Waals surface area contributed by atoms with Crippen LogP contribution in [0.25, 0.3) is 0 Å². The molecule has 2 N–H and O–H groups in total. The molecule has 0 aliphatic carbocycles. The van der Waals surface area contributed by atoms with Crippen LogP contribution in [0.1, 0.15) is 31.7 Å². The van der Waals surface area contributed by atoms with Gasteiger partial charge in [0.1, 0.15) is 0 Å². The average molecular weight is 276 g/mol. The predicted octanol–water partition coefficient (Wildman–Crippen LogP) is 2.35. The van der Waals surface area contributed by atoms with Gasteiger partial charge in [-0.1, -0.05) is 25.1 Å². The quantitative estimate of drug-likeness (QED) is 0.838. The summed E-state index contributed by atoms with van der Waals surface area (Å²) < 4.78 is 5.12. The first-order valence-electron chi connectivity index (χ1n) is 7.35. The smallest absolute Gasteiger partial charge is 0.244 e. The molecule has 0 saturated carbocycles. The van der Waals surface area contributed by atoms with E-state index >= 15 is 0 Å². The van der Waals surface area contributed by atoms with E-state index in [1.807, 2.05) is 24.3 Å². The van der Waals surface area contributed by atoms with Crippen molar-refractivity contribution in [2.45, 2.75) is 38.1 Å². The lowest BCUT2D eigenvalue weighted by Crippen LogP contribution is -2.50. The van der Waals surface area contributed by atoms with Crippen molar-refractivity contribution in [1.82, 2.24) is 5.32 Å². The number of carbonyl (C=O) groups is 1. The van der Waals surface area contributed by atoms with Crippen molar-refractivity contribution in [3.8, 4) is 0 Å². The number of methoxy groups -OCH3 is 1. The molecule has 1 saturated heterocycles. The number of rotatable bonds is 6. The van der Waals surface area contributed by atoms with Gasteiger partial charge in [0.05, 0.1) is 12.1 Å². The number of anilines is 1. The van der Waals surface area contributed by atoms with Crippen LogP contribution >= 0.6 is 0 Å². The highest BCUT2D eigenvalue weighted by Gasteiger charge is 2.39. The summed E-state index contributed by atoms with van der Waals surface area (Å²) in [6.45, 7) is 3.64. The van der Waals surface area contributed by atoms with Crippen LogP contribution in [0.2, 0.25) is 0 Å². The molecule has 1 aromatic rings. The van der Waals surface area contributed by atoms with Crippen LogP contribution in [0.15, 0.2) is 24.3 Å². The highest BCUT2D eigenvalue weighted by Crippen LogP contribution is 2.26. The summed E-state index contributed by atoms with van der Waals surface area (Å²) in [6, 6.07) is 7.94. The molecule has 110 valence electrons. The first-order valence-corrected chi connectivity index (χ1v) is 7.35. The number of ether oxygens (including phenoxy) is 1. The Balaban J connectivity index is 2.11. The molecule has 1 fully saturated rings. The fourth-order valence-corrected chi connectivity index (χ4v) is 2.78. The minimum absolute atomic E-state index is 0.0855. The van der Waals surface area contributed by atoms with E-state index in [2.05, 4.69) is 17.6 Å². The molecular weight excluding hydrogens is 252 g/mol. The minimum Gasteiger partial charge on any atom is -0.384 e. The maximum atomic E-state index is 12.6. The van der Waals surface area contributed by atoms with Crippen LogP contribution in [0.5, 0.6) is 0 Å². The highest BCUT2D eigenvalue weighted by atomic mass is 16.5. The van der Waals surface area contributed by atoms with E-state index in [0.29, 0.717) is 6.61 Å². The molecule has 0 bridgehead atoms. The summed E-state index contributed by atoms with van der Waals surface area (Å²) in [6.07, 6.45) is 3.60. The fourth-order valence-electron chi connectivity index (χ4n) is 2.78. The largest absolute Gasteiger partial charge is 0.384 e. The first kappa shape index (κ1) is 15.0. The van der Waals surface area contributed by atoms with Crippen LogP contribution in [0.3, 0.4) is 0 Å². The Labute approximate surface area is 120 Å². The van der Waals surface area contributed by atoms with Crippen molar-refractivity contribution >= 4 is 11.6 Å². The van der Waals surface area contributed by atoms with Gasteiger partial charge < -0.3 is 15.4 Å². The maximum absolute atomic E-state index is 12.6. The molecular formula is C16H24N2O2. The van der Waals surface area contributed by atoms with Crippen LogP contribution in [0.4, 0.5) is 5.69 Å². The summed E-state index contributed by atoms with van der Waals surface area (Å²) in [5.74, 6) is 0.0855. The minimum atomic E-state index is -0.394. The molecule has 4 nitrogen and oxygen atoms in total. The Morgan fingerprint density at radius 1 is 1.45 bits per heavy atom. The van der Waals surface area contributed by atoms with E-state index in [1.165, 1.54) is 0 Å². The molecule has 1 amide bonds. The summed E-state index contributed by atoms with van der Waals surface area (Å²) in [5.41, 5.74) is 1.62. The van der Waals surface area contributed by atoms with Gasteiger partial charge >= 0.3 is 0 Å². The summed E-state index contributed by atoms with van der Waals surface area (Å²) in [5, 5.41) is 6.46. The number of hydrogen-bond acceptors (Lipinski definition) is 3. The molecule has 0 radical (unpaired) electrons. The standard InChI is InChI=1S/C16H24N2O2/c1-3-16(10-6-11-17-16)15(19)18-14-8-5-4-7-13(14)9-12-20-2/h4-5,7-8,17H,3,6,9-12H2,1-2H3,(H,18,19). The SMILES string of the molecule is CCC1(C(=O)Nc2ccccc2CCOC)CCCN1. The van der Waals surface area contributed by atoms with Crippen LogP contribution in [-0.4, -0.2) is 31.7 Å². The van der Waals surface area contributed by atoms with E-state index in [-0.39, 0.29) is 5.91 Å². The molecule has 1 atom stereocenters. The third kappa shape index (κ3) is 3.19. The molecule has 1 aliphatic rings. The van der Waals surface area contributed by atoms with Gasteiger partial charge in [-0.2, -0.15) is 0 Å². The maximum Gasteiger partial charge on any atom is 0.244 e. The van der Waals surface area contributed by atoms with Gasteiger partial charge in [0.15, 0.2) is 0 Å².